The molecule has 0 spiro atoms. The van der Waals surface area contributed by atoms with Crippen molar-refractivity contribution in [3.8, 4) is 5.75 Å². The number of hydrogen-bond acceptors (Lipinski definition) is 3. The van der Waals surface area contributed by atoms with Crippen molar-refractivity contribution in [2.45, 2.75) is 37.8 Å². The summed E-state index contributed by atoms with van der Waals surface area (Å²) in [4.78, 5) is 12.3. The van der Waals surface area contributed by atoms with Gasteiger partial charge in [-0.1, -0.05) is 18.0 Å². The van der Waals surface area contributed by atoms with E-state index in [0.717, 1.165) is 30.6 Å². The Morgan fingerprint density at radius 1 is 1.45 bits per heavy atom. The van der Waals surface area contributed by atoms with Crippen LogP contribution in [0, 0.1) is 5.92 Å². The van der Waals surface area contributed by atoms with Gasteiger partial charge in [-0.15, -0.1) is 0 Å². The van der Waals surface area contributed by atoms with Crippen molar-refractivity contribution >= 4 is 17.5 Å². The van der Waals surface area contributed by atoms with E-state index < -0.39 is 6.10 Å². The molecule has 1 saturated carbocycles. The summed E-state index contributed by atoms with van der Waals surface area (Å²) in [6, 6.07) is 5.48. The lowest BCUT2D eigenvalue weighted by molar-refractivity contribution is -0.128. The average Bonchev–Trinajstić information content (AvgIpc) is 3.04. The van der Waals surface area contributed by atoms with Crippen LogP contribution in [0.1, 0.15) is 24.8 Å². The lowest BCUT2D eigenvalue weighted by Crippen LogP contribution is -2.45. The molecule has 3 rings (SSSR count). The molecule has 5 heteroatoms. The minimum Gasteiger partial charge on any atom is -0.480 e. The molecular weight excluding hydrogens is 278 g/mol. The second-order valence-electron chi connectivity index (χ2n) is 5.55. The third kappa shape index (κ3) is 2.63. The molecule has 20 heavy (non-hydrogen) atoms. The number of benzene rings is 1. The molecule has 1 heterocycles. The van der Waals surface area contributed by atoms with E-state index in [-0.39, 0.29) is 24.5 Å². The largest absolute Gasteiger partial charge is 0.480 e. The molecule has 0 radical (unpaired) electrons. The minimum absolute atomic E-state index is 0.0726. The average molecular weight is 296 g/mol. The zero-order chi connectivity index (χ0) is 14.1. The molecular formula is C15H18ClNO3. The van der Waals surface area contributed by atoms with E-state index in [1.54, 1.807) is 12.1 Å². The van der Waals surface area contributed by atoms with Gasteiger partial charge in [0, 0.05) is 30.0 Å². The molecule has 4 nitrogen and oxygen atoms in total. The van der Waals surface area contributed by atoms with E-state index in [1.807, 2.05) is 6.07 Å². The van der Waals surface area contributed by atoms with E-state index in [1.165, 1.54) is 0 Å². The van der Waals surface area contributed by atoms with Crippen LogP contribution in [0.4, 0.5) is 0 Å². The Balaban J connectivity index is 1.62. The summed E-state index contributed by atoms with van der Waals surface area (Å²) in [6.45, 7) is 0.131. The molecule has 108 valence electrons. The molecule has 0 saturated heterocycles. The maximum Gasteiger partial charge on any atom is 0.261 e. The van der Waals surface area contributed by atoms with Crippen LogP contribution in [0.3, 0.4) is 0 Å². The Morgan fingerprint density at radius 2 is 2.30 bits per heavy atom. The standard InChI is InChI=1S/C15H18ClNO3/c16-11-4-5-13-10(6-11)7-14(20-13)15(19)17-12-3-1-2-9(12)8-18/h4-6,9,12,14,18H,1-3,7-8H2,(H,17,19). The second kappa shape index (κ2) is 5.62. The first-order chi connectivity index (χ1) is 9.67. The van der Waals surface area contributed by atoms with Crippen LogP contribution in [-0.2, 0) is 11.2 Å². The molecule has 2 N–H and O–H groups in total. The van der Waals surface area contributed by atoms with Crippen molar-refractivity contribution in [2.75, 3.05) is 6.61 Å². The fraction of sp³-hybridized carbons (Fsp3) is 0.533. The van der Waals surface area contributed by atoms with E-state index in [4.69, 9.17) is 16.3 Å². The quantitative estimate of drug-likeness (QED) is 0.896. The lowest BCUT2D eigenvalue weighted by Gasteiger charge is -2.21. The van der Waals surface area contributed by atoms with Gasteiger partial charge < -0.3 is 15.2 Å². The van der Waals surface area contributed by atoms with Crippen molar-refractivity contribution in [3.63, 3.8) is 0 Å². The first-order valence-corrected chi connectivity index (χ1v) is 7.41. The van der Waals surface area contributed by atoms with Crippen LogP contribution in [0.5, 0.6) is 5.75 Å². The summed E-state index contributed by atoms with van der Waals surface area (Å²) in [6.07, 6.45) is 3.03. The highest BCUT2D eigenvalue weighted by Crippen LogP contribution is 2.32. The van der Waals surface area contributed by atoms with Crippen molar-refractivity contribution < 1.29 is 14.6 Å². The monoisotopic (exact) mass is 295 g/mol. The summed E-state index contributed by atoms with van der Waals surface area (Å²) in [7, 11) is 0. The van der Waals surface area contributed by atoms with Crippen LogP contribution in [0.15, 0.2) is 18.2 Å². The third-order valence-electron chi connectivity index (χ3n) is 4.21. The van der Waals surface area contributed by atoms with Gasteiger partial charge in [-0.05, 0) is 36.6 Å². The first-order valence-electron chi connectivity index (χ1n) is 7.03. The topological polar surface area (TPSA) is 58.6 Å². The molecule has 3 atom stereocenters. The van der Waals surface area contributed by atoms with Gasteiger partial charge in [0.25, 0.3) is 5.91 Å². The van der Waals surface area contributed by atoms with Crippen LogP contribution in [0.25, 0.3) is 0 Å². The predicted molar refractivity (Wildman–Crippen MR) is 75.9 cm³/mol. The summed E-state index contributed by atoms with van der Waals surface area (Å²) >= 11 is 5.94. The van der Waals surface area contributed by atoms with Gasteiger partial charge in [0.2, 0.25) is 0 Å². The number of halogens is 1. The number of aliphatic hydroxyl groups excluding tert-OH is 1. The molecule has 1 fully saturated rings. The molecule has 1 aromatic rings. The fourth-order valence-corrected chi connectivity index (χ4v) is 3.28. The lowest BCUT2D eigenvalue weighted by atomic mass is 10.0. The van der Waals surface area contributed by atoms with Gasteiger partial charge in [0.05, 0.1) is 0 Å². The maximum absolute atomic E-state index is 12.3. The normalized spacial score (nSPS) is 28.0. The SMILES string of the molecule is O=C(NC1CCCC1CO)C1Cc2cc(Cl)ccc2O1. The highest BCUT2D eigenvalue weighted by Gasteiger charge is 2.33. The van der Waals surface area contributed by atoms with Gasteiger partial charge in [0.15, 0.2) is 6.10 Å². The fourth-order valence-electron chi connectivity index (χ4n) is 3.08. The van der Waals surface area contributed by atoms with Gasteiger partial charge in [-0.3, -0.25) is 4.79 Å². The van der Waals surface area contributed by atoms with Crippen LogP contribution in [-0.4, -0.2) is 29.8 Å². The Kier molecular flexibility index (Phi) is 3.85. The highest BCUT2D eigenvalue weighted by molar-refractivity contribution is 6.30. The number of amides is 1. The van der Waals surface area contributed by atoms with Crippen molar-refractivity contribution in [1.29, 1.82) is 0 Å². The molecule has 1 amide bonds. The number of ether oxygens (including phenoxy) is 1. The number of carbonyl (C=O) groups is 1. The summed E-state index contributed by atoms with van der Waals surface area (Å²) in [5.74, 6) is 0.819. The van der Waals surface area contributed by atoms with Gasteiger partial charge >= 0.3 is 0 Å². The van der Waals surface area contributed by atoms with Crippen LogP contribution in [0.2, 0.25) is 5.02 Å². The van der Waals surface area contributed by atoms with Crippen molar-refractivity contribution in [1.82, 2.24) is 5.32 Å². The second-order valence-corrected chi connectivity index (χ2v) is 5.99. The van der Waals surface area contributed by atoms with Gasteiger partial charge in [-0.2, -0.15) is 0 Å². The number of nitrogens with one attached hydrogen (secondary N) is 1. The van der Waals surface area contributed by atoms with Gasteiger partial charge in [-0.25, -0.2) is 0 Å². The Labute approximate surface area is 123 Å². The molecule has 1 aromatic carbocycles. The molecule has 2 aliphatic rings. The van der Waals surface area contributed by atoms with E-state index >= 15 is 0 Å². The smallest absolute Gasteiger partial charge is 0.261 e. The molecule has 3 unspecified atom stereocenters. The van der Waals surface area contributed by atoms with Crippen LogP contribution < -0.4 is 10.1 Å². The summed E-state index contributed by atoms with van der Waals surface area (Å²) in [5.41, 5.74) is 0.975. The molecule has 1 aliphatic carbocycles. The van der Waals surface area contributed by atoms with Crippen LogP contribution >= 0.6 is 11.6 Å². The van der Waals surface area contributed by atoms with Crippen molar-refractivity contribution in [3.05, 3.63) is 28.8 Å². The van der Waals surface area contributed by atoms with E-state index in [0.29, 0.717) is 11.4 Å². The van der Waals surface area contributed by atoms with E-state index in [9.17, 15) is 9.90 Å². The zero-order valence-corrected chi connectivity index (χ0v) is 11.9. The first kappa shape index (κ1) is 13.7. The number of carbonyl (C=O) groups excluding carboxylic acids is 1. The predicted octanol–water partition coefficient (Wildman–Crippen LogP) is 1.92. The molecule has 0 aromatic heterocycles. The molecule has 1 aliphatic heterocycles. The number of hydrogen-bond donors (Lipinski definition) is 2. The third-order valence-corrected chi connectivity index (χ3v) is 4.45. The number of aliphatic hydroxyl groups is 1. The Morgan fingerprint density at radius 3 is 3.10 bits per heavy atom. The summed E-state index contributed by atoms with van der Waals surface area (Å²) in [5, 5.41) is 13.0. The number of fused-ring (bicyclic) bond motifs is 1. The van der Waals surface area contributed by atoms with Gasteiger partial charge in [0.1, 0.15) is 5.75 Å². The Hall–Kier alpha value is -1.26. The minimum atomic E-state index is -0.483. The highest BCUT2D eigenvalue weighted by atomic mass is 35.5. The summed E-state index contributed by atoms with van der Waals surface area (Å²) < 4.78 is 5.67. The zero-order valence-electron chi connectivity index (χ0n) is 11.1. The number of rotatable bonds is 3. The van der Waals surface area contributed by atoms with Crippen molar-refractivity contribution in [2.24, 2.45) is 5.92 Å². The maximum atomic E-state index is 12.3. The molecule has 0 bridgehead atoms. The Bertz CT molecular complexity index is 520. The van der Waals surface area contributed by atoms with E-state index in [2.05, 4.69) is 5.32 Å².